The molecular weight excluding hydrogens is 833 g/mol. The minimum Gasteiger partial charge on any atom is -0.348 e. The van der Waals surface area contributed by atoms with Gasteiger partial charge in [-0.15, -0.1) is 4.79 Å². The number of unbranched alkanes of at least 4 members (excludes halogenated alkanes) is 33. The first kappa shape index (κ1) is 62.5. The van der Waals surface area contributed by atoms with E-state index in [1.165, 1.54) is 276 Å². The van der Waals surface area contributed by atoms with Gasteiger partial charge in [-0.2, -0.15) is 0 Å². The maximum atomic E-state index is 10.2. The summed E-state index contributed by atoms with van der Waals surface area (Å²) in [5.41, 5.74) is 22.9. The topological polar surface area (TPSA) is 36.4 Å². The zero-order chi connectivity index (χ0) is 49.7. The molecule has 0 aliphatic heterocycles. The molecule has 0 fully saturated rings. The number of nitrogens with zero attached hydrogens (tertiary/aromatic N) is 2. The number of rotatable bonds is 48. The van der Waals surface area contributed by atoms with Crippen molar-refractivity contribution in [3.05, 3.63) is 86.5 Å². The van der Waals surface area contributed by atoms with Gasteiger partial charge >= 0.3 is 5.87 Å². The highest BCUT2D eigenvalue weighted by Crippen LogP contribution is 2.37. The number of aryl methyl sites for hydroxylation is 4. The van der Waals surface area contributed by atoms with E-state index in [1.807, 2.05) is 0 Å². The maximum Gasteiger partial charge on any atom is 0.303 e. The summed E-state index contributed by atoms with van der Waals surface area (Å²) in [7, 11) is 0. The second kappa shape index (κ2) is 45.2. The lowest BCUT2D eigenvalue weighted by atomic mass is 9.82. The van der Waals surface area contributed by atoms with E-state index in [1.54, 1.807) is 0 Å². The van der Waals surface area contributed by atoms with E-state index in [-0.39, 0.29) is 0 Å². The highest BCUT2D eigenvalue weighted by Gasteiger charge is 2.21. The van der Waals surface area contributed by atoms with E-state index in [4.69, 9.17) is 0 Å². The van der Waals surface area contributed by atoms with Crippen molar-refractivity contribution >= 4 is 11.4 Å². The molecule has 2 aromatic carbocycles. The van der Waals surface area contributed by atoms with Gasteiger partial charge in [-0.05, 0) is 122 Å². The zero-order valence-electron chi connectivity index (χ0n) is 47.2. The number of hydrogen-bond donors (Lipinski definition) is 0. The maximum absolute atomic E-state index is 10.2. The van der Waals surface area contributed by atoms with Crippen LogP contribution in [-0.2, 0) is 25.7 Å². The van der Waals surface area contributed by atoms with E-state index in [0.717, 1.165) is 63.4 Å². The first-order chi connectivity index (χ1) is 34.0. The molecule has 2 heteroatoms. The van der Waals surface area contributed by atoms with Gasteiger partial charge in [0.25, 0.3) is 0 Å². The Labute approximate surface area is 431 Å². The summed E-state index contributed by atoms with van der Waals surface area (Å²) in [5, 5.41) is 0. The predicted octanol–water partition coefficient (Wildman–Crippen LogP) is 22.6. The smallest absolute Gasteiger partial charge is 0.303 e. The molecule has 0 radical (unpaired) electrons. The fraction of sp³-hybridized carbons (Fsp3) is 0.761. The molecule has 0 unspecified atom stereocenters. The summed E-state index contributed by atoms with van der Waals surface area (Å²) in [6, 6.07) is 15.5. The fourth-order valence-corrected chi connectivity index (χ4v) is 10.8. The standard InChI is InChI=1S/C67H114N2/c1-7-13-19-23-25-27-29-31-33-35-37-39-44-48-61-53-62(49-45-40-38-36-34-32-30-28-26-24-20-14-8-2)57-65(56-61)67(66(51-18-12-6)63(58-69-68)50-41-17-11-5)64-54-59(46-42-21-15-9-3)52-60(55-64)47-43-22-16-10-4/h52-57H,7-51H2,1-6H3. The van der Waals surface area contributed by atoms with Crippen molar-refractivity contribution in [2.24, 2.45) is 0 Å². The molecule has 2 rings (SSSR count). The van der Waals surface area contributed by atoms with Crippen molar-refractivity contribution in [1.29, 1.82) is 0 Å². The molecule has 0 saturated carbocycles. The monoisotopic (exact) mass is 947 g/mol. The van der Waals surface area contributed by atoms with Crippen molar-refractivity contribution < 1.29 is 4.79 Å². The van der Waals surface area contributed by atoms with Gasteiger partial charge < -0.3 is 5.53 Å². The van der Waals surface area contributed by atoms with Crippen molar-refractivity contribution in [2.75, 3.05) is 0 Å². The van der Waals surface area contributed by atoms with Gasteiger partial charge in [-0.3, -0.25) is 0 Å². The van der Waals surface area contributed by atoms with Crippen LogP contribution in [0.5, 0.6) is 0 Å². The summed E-state index contributed by atoms with van der Waals surface area (Å²) >= 11 is 0. The normalized spacial score (nSPS) is 11.8. The molecule has 0 atom stereocenters. The third-order valence-electron chi connectivity index (χ3n) is 15.1. The SMILES string of the molecule is CCCCCCCCCCCCCCCc1cc(CCCCCCCCCCCCCCC)cc(C(=C(CCCC)C(=C=[N+]=[N-])CCCCC)c2cc(CCCCCC)cc(CCCCCC)c2)c1. The molecule has 392 valence electrons. The van der Waals surface area contributed by atoms with Crippen LogP contribution in [0.3, 0.4) is 0 Å². The lowest BCUT2D eigenvalue weighted by Gasteiger charge is -2.21. The summed E-state index contributed by atoms with van der Waals surface area (Å²) in [4.78, 5) is 3.68. The van der Waals surface area contributed by atoms with Crippen LogP contribution >= 0.6 is 0 Å². The highest BCUT2D eigenvalue weighted by atomic mass is 14.8. The highest BCUT2D eigenvalue weighted by molar-refractivity contribution is 5.87. The summed E-state index contributed by atoms with van der Waals surface area (Å²) in [5.74, 6) is 3.22. The lowest BCUT2D eigenvalue weighted by Crippen LogP contribution is -2.04. The fourth-order valence-electron chi connectivity index (χ4n) is 10.8. The average Bonchev–Trinajstić information content (AvgIpc) is 3.35. The molecule has 0 amide bonds. The number of hydrogen-bond acceptors (Lipinski definition) is 0. The third kappa shape index (κ3) is 31.4. The van der Waals surface area contributed by atoms with Gasteiger partial charge in [0.15, 0.2) is 0 Å². The van der Waals surface area contributed by atoms with E-state index in [9.17, 15) is 5.53 Å². The molecule has 0 N–H and O–H groups in total. The van der Waals surface area contributed by atoms with Gasteiger partial charge in [0.2, 0.25) is 0 Å². The molecule has 0 saturated heterocycles. The van der Waals surface area contributed by atoms with Gasteiger partial charge in [-0.25, -0.2) is 0 Å². The molecule has 2 aromatic rings. The van der Waals surface area contributed by atoms with Crippen molar-refractivity contribution in [2.45, 2.75) is 330 Å². The van der Waals surface area contributed by atoms with Crippen LogP contribution in [0.15, 0.2) is 47.5 Å². The molecular formula is C67H114N2. The molecule has 0 heterocycles. The largest absolute Gasteiger partial charge is 0.348 e. The minimum atomic E-state index is 0.908. The van der Waals surface area contributed by atoms with E-state index in [2.05, 4.69) is 88.6 Å². The van der Waals surface area contributed by atoms with Crippen molar-refractivity contribution in [3.63, 3.8) is 0 Å². The first-order valence-electron chi connectivity index (χ1n) is 31.0. The van der Waals surface area contributed by atoms with Crippen LogP contribution in [0.25, 0.3) is 11.1 Å². The predicted molar refractivity (Wildman–Crippen MR) is 309 cm³/mol. The van der Waals surface area contributed by atoms with Crippen molar-refractivity contribution in [3.8, 4) is 0 Å². The molecule has 2 nitrogen and oxygen atoms in total. The quantitative estimate of drug-likeness (QED) is 0.0208. The Morgan fingerprint density at radius 2 is 0.580 bits per heavy atom. The lowest BCUT2D eigenvalue weighted by molar-refractivity contribution is 0.00739. The Morgan fingerprint density at radius 1 is 0.319 bits per heavy atom. The van der Waals surface area contributed by atoms with E-state index >= 15 is 0 Å². The van der Waals surface area contributed by atoms with Crippen LogP contribution < -0.4 is 0 Å². The van der Waals surface area contributed by atoms with Gasteiger partial charge in [0.1, 0.15) is 0 Å². The molecule has 0 aliphatic rings. The second-order valence-corrected chi connectivity index (χ2v) is 21.8. The van der Waals surface area contributed by atoms with Crippen LogP contribution in [0.4, 0.5) is 0 Å². The van der Waals surface area contributed by atoms with Gasteiger partial charge in [0.05, 0.1) is 5.57 Å². The van der Waals surface area contributed by atoms with E-state index in [0.29, 0.717) is 0 Å². The molecule has 0 aromatic heterocycles. The Hall–Kier alpha value is -2.66. The number of allylic oxidation sites excluding steroid dienone is 2. The summed E-state index contributed by atoms with van der Waals surface area (Å²) < 4.78 is 0. The van der Waals surface area contributed by atoms with Crippen LogP contribution in [0.1, 0.15) is 338 Å². The minimum absolute atomic E-state index is 0.908. The third-order valence-corrected chi connectivity index (χ3v) is 15.1. The average molecular weight is 948 g/mol. The summed E-state index contributed by atoms with van der Waals surface area (Å²) in [6.07, 6.45) is 58.7. The molecule has 0 bridgehead atoms. The Balaban J connectivity index is 2.54. The summed E-state index contributed by atoms with van der Waals surface area (Å²) in [6.45, 7) is 13.9. The molecule has 69 heavy (non-hydrogen) atoms. The first-order valence-corrected chi connectivity index (χ1v) is 31.0. The number of benzene rings is 2. The Bertz CT molecular complexity index is 1550. The second-order valence-electron chi connectivity index (χ2n) is 21.8. The van der Waals surface area contributed by atoms with Crippen LogP contribution in [0.2, 0.25) is 0 Å². The molecule has 0 spiro atoms. The Morgan fingerprint density at radius 3 is 0.870 bits per heavy atom. The van der Waals surface area contributed by atoms with E-state index < -0.39 is 0 Å². The van der Waals surface area contributed by atoms with Gasteiger partial charge in [0, 0.05) is 0 Å². The van der Waals surface area contributed by atoms with Crippen LogP contribution in [0, 0.1) is 0 Å². The van der Waals surface area contributed by atoms with Crippen molar-refractivity contribution in [1.82, 2.24) is 0 Å². The Kier molecular flexibility index (Phi) is 40.9. The molecule has 0 aliphatic carbocycles. The van der Waals surface area contributed by atoms with Crippen LogP contribution in [-0.4, -0.2) is 10.7 Å². The zero-order valence-corrected chi connectivity index (χ0v) is 47.2. The van der Waals surface area contributed by atoms with Gasteiger partial charge in [-0.1, -0.05) is 290 Å².